The summed E-state index contributed by atoms with van der Waals surface area (Å²) in [4.78, 5) is 38.2. The van der Waals surface area contributed by atoms with E-state index in [4.69, 9.17) is 9.47 Å². The van der Waals surface area contributed by atoms with Gasteiger partial charge in [0, 0.05) is 18.8 Å². The molecule has 10 heteroatoms. The number of para-hydroxylation sites is 1. The van der Waals surface area contributed by atoms with E-state index in [1.54, 1.807) is 36.2 Å². The molecule has 0 atom stereocenters. The summed E-state index contributed by atoms with van der Waals surface area (Å²) in [5, 5.41) is 18.1. The molecule has 0 aliphatic carbocycles. The van der Waals surface area contributed by atoms with Gasteiger partial charge in [-0.15, -0.1) is 0 Å². The number of aryl methyl sites for hydroxylation is 1. The first-order valence-corrected chi connectivity index (χ1v) is 12.9. The number of carbonyl (C=O) groups excluding carboxylic acids is 2. The molecule has 0 fully saturated rings. The lowest BCUT2D eigenvalue weighted by atomic mass is 10.1. The van der Waals surface area contributed by atoms with Crippen LogP contribution in [-0.4, -0.2) is 61.3 Å². The molecule has 0 aliphatic heterocycles. The van der Waals surface area contributed by atoms with Gasteiger partial charge in [-0.2, -0.15) is 0 Å². The summed E-state index contributed by atoms with van der Waals surface area (Å²) < 4.78 is 11.3. The van der Waals surface area contributed by atoms with Gasteiger partial charge in [-0.1, -0.05) is 24.3 Å². The van der Waals surface area contributed by atoms with E-state index in [9.17, 15) is 19.5 Å². The van der Waals surface area contributed by atoms with Gasteiger partial charge < -0.3 is 35.4 Å². The molecule has 3 rings (SSSR count). The van der Waals surface area contributed by atoms with Crippen LogP contribution >= 0.6 is 0 Å². The van der Waals surface area contributed by atoms with Gasteiger partial charge >= 0.3 is 12.0 Å². The Labute approximate surface area is 234 Å². The predicted molar refractivity (Wildman–Crippen MR) is 156 cm³/mol. The summed E-state index contributed by atoms with van der Waals surface area (Å²) in [5.41, 5.74) is 3.59. The second-order valence-corrected chi connectivity index (χ2v) is 9.58. The number of methoxy groups -OCH3 is 1. The maximum absolute atomic E-state index is 12.9. The van der Waals surface area contributed by atoms with Crippen LogP contribution in [0, 0.1) is 6.92 Å². The molecule has 0 bridgehead atoms. The molecule has 0 unspecified atom stereocenters. The zero-order chi connectivity index (χ0) is 29.2. The minimum Gasteiger partial charge on any atom is -0.495 e. The van der Waals surface area contributed by atoms with Gasteiger partial charge in [0.05, 0.1) is 37.0 Å². The van der Waals surface area contributed by atoms with Gasteiger partial charge in [-0.05, 0) is 68.3 Å². The van der Waals surface area contributed by atoms with Crippen LogP contribution in [0.25, 0.3) is 0 Å². The van der Waals surface area contributed by atoms with Crippen molar-refractivity contribution in [2.45, 2.75) is 33.2 Å². The Bertz CT molecular complexity index is 1360. The highest BCUT2D eigenvalue weighted by atomic mass is 16.5. The van der Waals surface area contributed by atoms with E-state index in [2.05, 4.69) is 16.0 Å². The number of carbonyl (C=O) groups is 3. The monoisotopic (exact) mass is 548 g/mol. The van der Waals surface area contributed by atoms with Crippen LogP contribution in [0.15, 0.2) is 60.7 Å². The van der Waals surface area contributed by atoms with Gasteiger partial charge in [0.15, 0.2) is 0 Å². The Morgan fingerprint density at radius 2 is 1.65 bits per heavy atom. The minimum atomic E-state index is -1.02. The highest BCUT2D eigenvalue weighted by Gasteiger charge is 2.15. The van der Waals surface area contributed by atoms with Gasteiger partial charge in [-0.3, -0.25) is 4.79 Å². The molecular formula is C30H36N4O6. The number of anilines is 3. The molecule has 4 N–H and O–H groups in total. The first-order chi connectivity index (χ1) is 19.1. The van der Waals surface area contributed by atoms with Crippen LogP contribution in [0.3, 0.4) is 0 Å². The van der Waals surface area contributed by atoms with Crippen LogP contribution in [0.4, 0.5) is 21.9 Å². The number of ether oxygens (including phenoxy) is 2. The molecule has 0 spiro atoms. The molecule has 3 amide bonds. The fraction of sp³-hybridized carbons (Fsp3) is 0.300. The molecule has 212 valence electrons. The Kier molecular flexibility index (Phi) is 10.4. The van der Waals surface area contributed by atoms with Crippen molar-refractivity contribution in [3.05, 3.63) is 77.4 Å². The molecule has 40 heavy (non-hydrogen) atoms. The molecule has 0 saturated heterocycles. The van der Waals surface area contributed by atoms with Crippen molar-refractivity contribution in [3.63, 3.8) is 0 Å². The van der Waals surface area contributed by atoms with Gasteiger partial charge in [-0.25, -0.2) is 9.59 Å². The van der Waals surface area contributed by atoms with E-state index in [1.807, 2.05) is 45.0 Å². The number of urea groups is 1. The average molecular weight is 549 g/mol. The molecule has 3 aromatic rings. The van der Waals surface area contributed by atoms with E-state index in [1.165, 1.54) is 19.2 Å². The third-order valence-corrected chi connectivity index (χ3v) is 6.04. The molecule has 0 aromatic heterocycles. The SMILES string of the molecule is COc1cc(CC(=O)N(C)CCOc2ccc(C(=O)O)cc2NC(C)C)ccc1NC(=O)Nc1ccccc1C. The molecular weight excluding hydrogens is 512 g/mol. The van der Waals surface area contributed by atoms with Crippen molar-refractivity contribution in [1.82, 2.24) is 4.90 Å². The summed E-state index contributed by atoms with van der Waals surface area (Å²) >= 11 is 0. The van der Waals surface area contributed by atoms with Crippen molar-refractivity contribution < 1.29 is 29.0 Å². The number of hydrogen-bond acceptors (Lipinski definition) is 6. The van der Waals surface area contributed by atoms with Crippen molar-refractivity contribution in [1.29, 1.82) is 0 Å². The third-order valence-electron chi connectivity index (χ3n) is 6.04. The predicted octanol–water partition coefficient (Wildman–Crippen LogP) is 5.25. The third kappa shape index (κ3) is 8.39. The number of likely N-dealkylation sites (N-methyl/N-ethyl adjacent to an activating group) is 1. The summed E-state index contributed by atoms with van der Waals surface area (Å²) in [6.45, 7) is 6.36. The Hall–Kier alpha value is -4.73. The fourth-order valence-corrected chi connectivity index (χ4v) is 3.88. The summed E-state index contributed by atoms with van der Waals surface area (Å²) in [7, 11) is 3.19. The second-order valence-electron chi connectivity index (χ2n) is 9.58. The van der Waals surface area contributed by atoms with Crippen LogP contribution in [0.5, 0.6) is 11.5 Å². The van der Waals surface area contributed by atoms with E-state index < -0.39 is 12.0 Å². The smallest absolute Gasteiger partial charge is 0.335 e. The molecule has 0 saturated carbocycles. The number of rotatable bonds is 12. The zero-order valence-corrected chi connectivity index (χ0v) is 23.4. The first kappa shape index (κ1) is 29.8. The van der Waals surface area contributed by atoms with Crippen molar-refractivity contribution in [2.75, 3.05) is 43.3 Å². The number of carboxylic acids is 1. The van der Waals surface area contributed by atoms with E-state index in [0.29, 0.717) is 35.1 Å². The second kappa shape index (κ2) is 13.9. The lowest BCUT2D eigenvalue weighted by Crippen LogP contribution is -2.32. The number of benzene rings is 3. The Morgan fingerprint density at radius 1 is 0.925 bits per heavy atom. The maximum atomic E-state index is 12.9. The van der Waals surface area contributed by atoms with Crippen molar-refractivity contribution in [2.24, 2.45) is 0 Å². The zero-order valence-electron chi connectivity index (χ0n) is 23.4. The maximum Gasteiger partial charge on any atom is 0.335 e. The molecule has 0 radical (unpaired) electrons. The van der Waals surface area contributed by atoms with Gasteiger partial charge in [0.25, 0.3) is 0 Å². The molecule has 0 aliphatic rings. The fourth-order valence-electron chi connectivity index (χ4n) is 3.88. The van der Waals surface area contributed by atoms with Crippen molar-refractivity contribution in [3.8, 4) is 11.5 Å². The summed E-state index contributed by atoms with van der Waals surface area (Å²) in [5.74, 6) is -0.190. The van der Waals surface area contributed by atoms with Crippen LogP contribution in [0.2, 0.25) is 0 Å². The number of nitrogens with one attached hydrogen (secondary N) is 3. The molecule has 3 aromatic carbocycles. The largest absolute Gasteiger partial charge is 0.495 e. The average Bonchev–Trinajstić information content (AvgIpc) is 2.91. The van der Waals surface area contributed by atoms with Gasteiger partial charge in [0.1, 0.15) is 18.1 Å². The quantitative estimate of drug-likeness (QED) is 0.243. The number of nitrogens with zero attached hydrogens (tertiary/aromatic N) is 1. The lowest BCUT2D eigenvalue weighted by Gasteiger charge is -2.20. The number of hydrogen-bond donors (Lipinski definition) is 4. The van der Waals surface area contributed by atoms with Crippen LogP contribution in [0.1, 0.15) is 35.3 Å². The van der Waals surface area contributed by atoms with E-state index >= 15 is 0 Å². The minimum absolute atomic E-state index is 0.0802. The number of amides is 3. The standard InChI is InChI=1S/C30H36N4O6/c1-19(2)31-25-18-22(29(36)37)11-13-26(25)40-15-14-34(4)28(35)17-21-10-12-24(27(16-21)39-5)33-30(38)32-23-9-7-6-8-20(23)3/h6-13,16,18-19,31H,14-15,17H2,1-5H3,(H,36,37)(H2,32,33,38). The summed E-state index contributed by atoms with van der Waals surface area (Å²) in [6.07, 6.45) is 0.135. The number of carboxylic acid groups (broad SMARTS) is 1. The lowest BCUT2D eigenvalue weighted by molar-refractivity contribution is -0.129. The Balaban J connectivity index is 1.56. The molecule has 0 heterocycles. The summed E-state index contributed by atoms with van der Waals surface area (Å²) in [6, 6.07) is 17.0. The Morgan fingerprint density at radius 3 is 2.33 bits per heavy atom. The van der Waals surface area contributed by atoms with E-state index in [-0.39, 0.29) is 30.5 Å². The highest BCUT2D eigenvalue weighted by molar-refractivity contribution is 6.01. The topological polar surface area (TPSA) is 129 Å². The molecule has 10 nitrogen and oxygen atoms in total. The highest BCUT2D eigenvalue weighted by Crippen LogP contribution is 2.28. The van der Waals surface area contributed by atoms with Crippen LogP contribution < -0.4 is 25.4 Å². The number of aromatic carboxylic acids is 1. The van der Waals surface area contributed by atoms with Crippen molar-refractivity contribution >= 4 is 35.0 Å². The first-order valence-electron chi connectivity index (χ1n) is 12.9. The van der Waals surface area contributed by atoms with Crippen LogP contribution in [-0.2, 0) is 11.2 Å². The normalized spacial score (nSPS) is 10.6. The van der Waals surface area contributed by atoms with Gasteiger partial charge in [0.2, 0.25) is 5.91 Å². The van der Waals surface area contributed by atoms with E-state index in [0.717, 1.165) is 11.1 Å².